The van der Waals surface area contributed by atoms with Gasteiger partial charge in [0.1, 0.15) is 0 Å². The van der Waals surface area contributed by atoms with Gasteiger partial charge in [-0.3, -0.25) is 0 Å². The molecule has 4 rings (SSSR count). The van der Waals surface area contributed by atoms with Gasteiger partial charge in [0.15, 0.2) is 0 Å². The number of fused-ring (bicyclic) bond motifs is 3. The Balaban J connectivity index is 0.000000735. The van der Waals surface area contributed by atoms with Gasteiger partial charge in [0.2, 0.25) is 0 Å². The molecule has 0 unspecified atom stereocenters. The van der Waals surface area contributed by atoms with Crippen molar-refractivity contribution >= 4 is 27.1 Å². The fourth-order valence-electron chi connectivity index (χ4n) is 2.91. The van der Waals surface area contributed by atoms with Crippen molar-refractivity contribution in [2.24, 2.45) is 0 Å². The smallest absolute Gasteiger partial charge is 1.00 e. The average Bonchev–Trinajstić information content (AvgIpc) is 3.05. The number of allylic oxidation sites excluding steroid dienone is 4. The summed E-state index contributed by atoms with van der Waals surface area (Å²) < 4.78 is 0. The summed E-state index contributed by atoms with van der Waals surface area (Å²) in [4.78, 5) is 0. The standard InChI is InChI=1S/C18H13.2BrH.Zr/c1-2-7-13(6-1)15-10-5-11-17-16-9-4-3-8-14(16)12-18(15)17;;;/h1-6,8-12H,7H2;2*1H;/q-1;;;+3/p-2. The molecular weight excluding hydrogens is 467 g/mol. The summed E-state index contributed by atoms with van der Waals surface area (Å²) in [5.74, 6) is 0. The second-order valence-corrected chi connectivity index (χ2v) is 4.82. The van der Waals surface area contributed by atoms with Gasteiger partial charge in [-0.25, -0.2) is 0 Å². The number of rotatable bonds is 1. The summed E-state index contributed by atoms with van der Waals surface area (Å²) in [6.45, 7) is 0. The third-order valence-corrected chi connectivity index (χ3v) is 3.77. The van der Waals surface area contributed by atoms with E-state index < -0.39 is 0 Å². The number of hydrogen-bond acceptors (Lipinski definition) is 0. The van der Waals surface area contributed by atoms with Crippen molar-refractivity contribution in [2.45, 2.75) is 6.42 Å². The Morgan fingerprint density at radius 3 is 2.38 bits per heavy atom. The first-order chi connectivity index (χ1) is 8.93. The molecule has 0 saturated heterocycles. The van der Waals surface area contributed by atoms with Gasteiger partial charge < -0.3 is 34.0 Å². The summed E-state index contributed by atoms with van der Waals surface area (Å²) >= 11 is 0. The molecule has 0 amide bonds. The Hall–Kier alpha value is -0.367. The van der Waals surface area contributed by atoms with Crippen LogP contribution >= 0.6 is 0 Å². The first kappa shape index (κ1) is 18.7. The molecule has 21 heavy (non-hydrogen) atoms. The van der Waals surface area contributed by atoms with Crippen molar-refractivity contribution in [2.75, 3.05) is 0 Å². The summed E-state index contributed by atoms with van der Waals surface area (Å²) in [6, 6.07) is 17.6. The molecule has 103 valence electrons. The summed E-state index contributed by atoms with van der Waals surface area (Å²) in [5.41, 5.74) is 2.81. The fraction of sp³-hybridized carbons (Fsp3) is 0.0556. The molecule has 0 spiro atoms. The SMILES string of the molecule is C1=CCC(c2cccc3c2[cH-]c2ccccc23)=C1.[Br-].[Br-].[Zr+3]. The second kappa shape index (κ2) is 7.76. The van der Waals surface area contributed by atoms with Crippen LogP contribution in [0.5, 0.6) is 0 Å². The molecular formula is C18H13Br2Zr. The fourth-order valence-corrected chi connectivity index (χ4v) is 2.91. The molecule has 0 nitrogen and oxygen atoms in total. The molecule has 0 atom stereocenters. The van der Waals surface area contributed by atoms with Gasteiger partial charge in [0, 0.05) is 0 Å². The zero-order chi connectivity index (χ0) is 11.9. The summed E-state index contributed by atoms with van der Waals surface area (Å²) in [6.07, 6.45) is 7.65. The van der Waals surface area contributed by atoms with Gasteiger partial charge in [0.25, 0.3) is 0 Å². The van der Waals surface area contributed by atoms with Crippen LogP contribution in [0.4, 0.5) is 0 Å². The molecule has 0 saturated carbocycles. The third kappa shape index (κ3) is 3.21. The van der Waals surface area contributed by atoms with E-state index in [1.54, 1.807) is 0 Å². The molecule has 3 aromatic rings. The largest absolute Gasteiger partial charge is 3.00 e. The Morgan fingerprint density at radius 1 is 0.857 bits per heavy atom. The van der Waals surface area contributed by atoms with Crippen molar-refractivity contribution in [3.8, 4) is 0 Å². The van der Waals surface area contributed by atoms with Crippen LogP contribution in [0.3, 0.4) is 0 Å². The predicted molar refractivity (Wildman–Crippen MR) is 78.8 cm³/mol. The molecule has 1 radical (unpaired) electrons. The van der Waals surface area contributed by atoms with Crippen LogP contribution in [0.1, 0.15) is 12.0 Å². The number of hydrogen-bond donors (Lipinski definition) is 0. The number of benzene rings is 2. The van der Waals surface area contributed by atoms with Gasteiger partial charge in [-0.15, -0.1) is 33.7 Å². The molecule has 0 aliphatic heterocycles. The zero-order valence-corrected chi connectivity index (χ0v) is 16.9. The number of halogens is 2. The van der Waals surface area contributed by atoms with Gasteiger partial charge in [-0.2, -0.15) is 0 Å². The maximum atomic E-state index is 2.32. The topological polar surface area (TPSA) is 0 Å². The van der Waals surface area contributed by atoms with Crippen molar-refractivity contribution < 1.29 is 60.2 Å². The van der Waals surface area contributed by atoms with Gasteiger partial charge in [-0.05, 0) is 6.42 Å². The minimum absolute atomic E-state index is 0. The van der Waals surface area contributed by atoms with Gasteiger partial charge >= 0.3 is 26.2 Å². The van der Waals surface area contributed by atoms with Gasteiger partial charge in [-0.1, -0.05) is 65.8 Å². The van der Waals surface area contributed by atoms with E-state index in [-0.39, 0.29) is 60.2 Å². The Kier molecular flexibility index (Phi) is 6.91. The summed E-state index contributed by atoms with van der Waals surface area (Å²) in [5, 5.41) is 5.46. The molecule has 0 fully saturated rings. The average molecular weight is 480 g/mol. The van der Waals surface area contributed by atoms with E-state index in [0.717, 1.165) is 6.42 Å². The van der Waals surface area contributed by atoms with Crippen LogP contribution in [-0.4, -0.2) is 0 Å². The van der Waals surface area contributed by atoms with Crippen molar-refractivity contribution in [1.82, 2.24) is 0 Å². The Morgan fingerprint density at radius 2 is 1.62 bits per heavy atom. The predicted octanol–water partition coefficient (Wildman–Crippen LogP) is -0.939. The van der Waals surface area contributed by atoms with Gasteiger partial charge in [0.05, 0.1) is 0 Å². The summed E-state index contributed by atoms with van der Waals surface area (Å²) in [7, 11) is 0. The van der Waals surface area contributed by atoms with Crippen LogP contribution in [0.25, 0.3) is 27.1 Å². The molecule has 0 bridgehead atoms. The minimum atomic E-state index is 0. The molecule has 3 aromatic carbocycles. The normalized spacial score (nSPS) is 12.5. The van der Waals surface area contributed by atoms with E-state index in [1.165, 1.54) is 32.7 Å². The first-order valence-corrected chi connectivity index (χ1v) is 6.37. The zero-order valence-electron chi connectivity index (χ0n) is 11.3. The first-order valence-electron chi connectivity index (χ1n) is 6.37. The van der Waals surface area contributed by atoms with E-state index in [9.17, 15) is 0 Å². The van der Waals surface area contributed by atoms with Crippen LogP contribution in [0, 0.1) is 0 Å². The molecule has 1 aliphatic carbocycles. The van der Waals surface area contributed by atoms with Crippen LogP contribution < -0.4 is 34.0 Å². The molecule has 0 N–H and O–H groups in total. The van der Waals surface area contributed by atoms with E-state index in [4.69, 9.17) is 0 Å². The second-order valence-electron chi connectivity index (χ2n) is 4.82. The van der Waals surface area contributed by atoms with E-state index in [0.29, 0.717) is 0 Å². The van der Waals surface area contributed by atoms with E-state index >= 15 is 0 Å². The quantitative estimate of drug-likeness (QED) is 0.395. The molecule has 0 aromatic heterocycles. The van der Waals surface area contributed by atoms with Crippen molar-refractivity contribution in [3.05, 3.63) is 72.3 Å². The van der Waals surface area contributed by atoms with Crippen LogP contribution in [0.15, 0.2) is 66.8 Å². The van der Waals surface area contributed by atoms with Crippen LogP contribution in [-0.2, 0) is 26.2 Å². The van der Waals surface area contributed by atoms with Crippen molar-refractivity contribution in [1.29, 1.82) is 0 Å². The Bertz CT molecular complexity index is 812. The van der Waals surface area contributed by atoms with E-state index in [2.05, 4.69) is 66.8 Å². The maximum Gasteiger partial charge on any atom is 3.00 e. The minimum Gasteiger partial charge on any atom is -1.00 e. The van der Waals surface area contributed by atoms with Crippen LogP contribution in [0.2, 0.25) is 0 Å². The van der Waals surface area contributed by atoms with E-state index in [1.807, 2.05) is 0 Å². The maximum absolute atomic E-state index is 2.32. The molecule has 0 heterocycles. The third-order valence-electron chi connectivity index (χ3n) is 3.77. The molecule has 3 heteroatoms. The van der Waals surface area contributed by atoms with Crippen molar-refractivity contribution in [3.63, 3.8) is 0 Å². The molecule has 1 aliphatic rings. The monoisotopic (exact) mass is 477 g/mol. The Labute approximate surface area is 164 Å².